The molecule has 1 unspecified atom stereocenters. The van der Waals surface area contributed by atoms with Crippen LogP contribution >= 0.6 is 11.3 Å². The van der Waals surface area contributed by atoms with Gasteiger partial charge in [-0.1, -0.05) is 11.8 Å². The van der Waals surface area contributed by atoms with Crippen molar-refractivity contribution in [2.45, 2.75) is 25.3 Å². The first-order chi connectivity index (χ1) is 10.1. The molecule has 0 aliphatic carbocycles. The number of likely N-dealkylation sites (tertiary alicyclic amines) is 1. The summed E-state index contributed by atoms with van der Waals surface area (Å²) in [6.07, 6.45) is 2.63. The van der Waals surface area contributed by atoms with Crippen LogP contribution in [0.15, 0.2) is 11.4 Å². The summed E-state index contributed by atoms with van der Waals surface area (Å²) >= 11 is 1.45. The summed E-state index contributed by atoms with van der Waals surface area (Å²) in [4.78, 5) is 17.5. The molecule has 0 radical (unpaired) electrons. The van der Waals surface area contributed by atoms with Crippen molar-refractivity contribution in [2.75, 3.05) is 33.8 Å². The highest BCUT2D eigenvalue weighted by atomic mass is 32.1. The standard InChI is InChI=1S/C16H22N2O2S/c1-17(2)14-7-5-9-18(12-14)16(20)15-13(8-11-21-15)6-3-4-10-19/h8,11,14,19H,4-5,7,9-10,12H2,1-2H3. The van der Waals surface area contributed by atoms with E-state index in [0.29, 0.717) is 12.5 Å². The van der Waals surface area contributed by atoms with Crippen LogP contribution < -0.4 is 0 Å². The first-order valence-electron chi connectivity index (χ1n) is 7.26. The number of likely N-dealkylation sites (N-methyl/N-ethyl adjacent to an activating group) is 1. The molecule has 21 heavy (non-hydrogen) atoms. The van der Waals surface area contributed by atoms with Gasteiger partial charge in [-0.05, 0) is 38.4 Å². The lowest BCUT2D eigenvalue weighted by Crippen LogP contribution is -2.47. The van der Waals surface area contributed by atoms with Crippen molar-refractivity contribution in [2.24, 2.45) is 0 Å². The van der Waals surface area contributed by atoms with Gasteiger partial charge in [-0.3, -0.25) is 4.79 Å². The molecule has 0 spiro atoms. The van der Waals surface area contributed by atoms with E-state index in [1.54, 1.807) is 0 Å². The number of amides is 1. The normalized spacial score (nSPS) is 18.5. The van der Waals surface area contributed by atoms with Gasteiger partial charge in [-0.2, -0.15) is 0 Å². The number of carbonyl (C=O) groups is 1. The molecule has 1 amide bonds. The Bertz CT molecular complexity index is 542. The average molecular weight is 306 g/mol. The van der Waals surface area contributed by atoms with E-state index in [2.05, 4.69) is 30.8 Å². The Hall–Kier alpha value is -1.35. The number of nitrogens with zero attached hydrogens (tertiary/aromatic N) is 2. The fourth-order valence-corrected chi connectivity index (χ4v) is 3.31. The molecule has 2 rings (SSSR count). The average Bonchev–Trinajstić information content (AvgIpc) is 2.95. The van der Waals surface area contributed by atoms with Crippen LogP contribution in [0.1, 0.15) is 34.5 Å². The van der Waals surface area contributed by atoms with Gasteiger partial charge in [0.05, 0.1) is 6.61 Å². The number of piperidine rings is 1. The van der Waals surface area contributed by atoms with E-state index in [-0.39, 0.29) is 12.5 Å². The zero-order valence-electron chi connectivity index (χ0n) is 12.6. The second-order valence-corrected chi connectivity index (χ2v) is 6.37. The number of aliphatic hydroxyl groups excluding tert-OH is 1. The second kappa shape index (κ2) is 7.60. The van der Waals surface area contributed by atoms with Crippen LogP contribution in [0.5, 0.6) is 0 Å². The molecule has 0 saturated carbocycles. The van der Waals surface area contributed by atoms with Crippen LogP contribution in [0.3, 0.4) is 0 Å². The van der Waals surface area contributed by atoms with Crippen molar-refractivity contribution >= 4 is 17.2 Å². The fraction of sp³-hybridized carbons (Fsp3) is 0.562. The highest BCUT2D eigenvalue weighted by Gasteiger charge is 2.27. The molecule has 114 valence electrons. The van der Waals surface area contributed by atoms with Crippen molar-refractivity contribution < 1.29 is 9.90 Å². The Morgan fingerprint density at radius 2 is 2.38 bits per heavy atom. The highest BCUT2D eigenvalue weighted by Crippen LogP contribution is 2.22. The van der Waals surface area contributed by atoms with Crippen LogP contribution in [0.25, 0.3) is 0 Å². The molecule has 0 aromatic carbocycles. The molecule has 1 atom stereocenters. The number of rotatable bonds is 3. The van der Waals surface area contributed by atoms with Crippen LogP contribution in [0.4, 0.5) is 0 Å². The predicted octanol–water partition coefficient (Wildman–Crippen LogP) is 1.65. The molecular weight excluding hydrogens is 284 g/mol. The van der Waals surface area contributed by atoms with Crippen LogP contribution in [0, 0.1) is 11.8 Å². The van der Waals surface area contributed by atoms with E-state index in [1.807, 2.05) is 16.3 Å². The third-order valence-corrected chi connectivity index (χ3v) is 4.64. The van der Waals surface area contributed by atoms with Crippen LogP contribution in [0.2, 0.25) is 0 Å². The summed E-state index contributed by atoms with van der Waals surface area (Å²) in [7, 11) is 4.13. The van der Waals surface area contributed by atoms with Gasteiger partial charge in [0.1, 0.15) is 4.88 Å². The van der Waals surface area contributed by atoms with E-state index in [1.165, 1.54) is 11.3 Å². The molecule has 5 heteroatoms. The van der Waals surface area contributed by atoms with Crippen molar-refractivity contribution in [3.63, 3.8) is 0 Å². The first kappa shape index (κ1) is 16.0. The summed E-state index contributed by atoms with van der Waals surface area (Å²) in [5.41, 5.74) is 0.783. The Kier molecular flexibility index (Phi) is 5.80. The number of hydrogen-bond acceptors (Lipinski definition) is 4. The summed E-state index contributed by atoms with van der Waals surface area (Å²) in [6, 6.07) is 2.32. The minimum absolute atomic E-state index is 0.0526. The first-order valence-corrected chi connectivity index (χ1v) is 8.14. The minimum Gasteiger partial charge on any atom is -0.395 e. The lowest BCUT2D eigenvalue weighted by atomic mass is 10.0. The smallest absolute Gasteiger partial charge is 0.265 e. The summed E-state index contributed by atoms with van der Waals surface area (Å²) < 4.78 is 0. The lowest BCUT2D eigenvalue weighted by molar-refractivity contribution is 0.0639. The summed E-state index contributed by atoms with van der Waals surface area (Å²) in [6.45, 7) is 1.66. The Morgan fingerprint density at radius 1 is 1.57 bits per heavy atom. The molecule has 1 aromatic rings. The maximum atomic E-state index is 12.7. The fourth-order valence-electron chi connectivity index (χ4n) is 2.49. The highest BCUT2D eigenvalue weighted by molar-refractivity contribution is 7.12. The minimum atomic E-state index is 0.0526. The molecule has 4 nitrogen and oxygen atoms in total. The van der Waals surface area contributed by atoms with Gasteiger partial charge >= 0.3 is 0 Å². The predicted molar refractivity (Wildman–Crippen MR) is 85.5 cm³/mol. The van der Waals surface area contributed by atoms with Crippen molar-refractivity contribution in [3.05, 3.63) is 21.9 Å². The maximum Gasteiger partial charge on any atom is 0.265 e. The SMILES string of the molecule is CN(C)C1CCCN(C(=O)c2sccc2C#CCCO)C1. The van der Waals surface area contributed by atoms with Crippen LogP contribution in [-0.2, 0) is 0 Å². The maximum absolute atomic E-state index is 12.7. The molecule has 1 aliphatic rings. The quantitative estimate of drug-likeness (QED) is 0.864. The Labute approximate surface area is 130 Å². The summed E-state index contributed by atoms with van der Waals surface area (Å²) in [5, 5.41) is 10.7. The largest absolute Gasteiger partial charge is 0.395 e. The van der Waals surface area contributed by atoms with E-state index < -0.39 is 0 Å². The van der Waals surface area contributed by atoms with Gasteiger partial charge in [0.2, 0.25) is 0 Å². The molecule has 1 fully saturated rings. The Morgan fingerprint density at radius 3 is 3.10 bits per heavy atom. The molecule has 1 aromatic heterocycles. The molecule has 0 bridgehead atoms. The van der Waals surface area contributed by atoms with Crippen LogP contribution in [-0.4, -0.2) is 60.6 Å². The van der Waals surface area contributed by atoms with E-state index in [0.717, 1.165) is 36.4 Å². The number of aliphatic hydroxyl groups is 1. The summed E-state index contributed by atoms with van der Waals surface area (Å²) in [5.74, 6) is 5.97. The number of thiophene rings is 1. The van der Waals surface area contributed by atoms with Gasteiger partial charge in [0.15, 0.2) is 0 Å². The van der Waals surface area contributed by atoms with E-state index in [4.69, 9.17) is 5.11 Å². The van der Waals surface area contributed by atoms with E-state index in [9.17, 15) is 4.79 Å². The van der Waals surface area contributed by atoms with Crippen molar-refractivity contribution in [3.8, 4) is 11.8 Å². The number of carbonyl (C=O) groups excluding carboxylic acids is 1. The topological polar surface area (TPSA) is 43.8 Å². The van der Waals surface area contributed by atoms with E-state index >= 15 is 0 Å². The molecule has 1 aliphatic heterocycles. The molecule has 1 N–H and O–H groups in total. The third kappa shape index (κ3) is 4.07. The molecule has 1 saturated heterocycles. The molecular formula is C16H22N2O2S. The second-order valence-electron chi connectivity index (χ2n) is 5.45. The van der Waals surface area contributed by atoms with Gasteiger partial charge in [0.25, 0.3) is 5.91 Å². The van der Waals surface area contributed by atoms with Gasteiger partial charge in [-0.15, -0.1) is 11.3 Å². The lowest BCUT2D eigenvalue weighted by Gasteiger charge is -2.36. The van der Waals surface area contributed by atoms with Crippen molar-refractivity contribution in [1.82, 2.24) is 9.80 Å². The zero-order valence-corrected chi connectivity index (χ0v) is 13.4. The third-order valence-electron chi connectivity index (χ3n) is 3.73. The number of hydrogen-bond donors (Lipinski definition) is 1. The van der Waals surface area contributed by atoms with Gasteiger partial charge < -0.3 is 14.9 Å². The van der Waals surface area contributed by atoms with Gasteiger partial charge in [0, 0.05) is 31.1 Å². The van der Waals surface area contributed by atoms with Crippen molar-refractivity contribution in [1.29, 1.82) is 0 Å². The van der Waals surface area contributed by atoms with Gasteiger partial charge in [-0.25, -0.2) is 0 Å². The zero-order chi connectivity index (χ0) is 15.2. The monoisotopic (exact) mass is 306 g/mol. The molecule has 2 heterocycles. The Balaban J connectivity index is 2.10.